The van der Waals surface area contributed by atoms with Gasteiger partial charge in [0.05, 0.1) is 0 Å². The Balaban J connectivity index is 2.08. The van der Waals surface area contributed by atoms with E-state index >= 15 is 0 Å². The molecule has 0 aromatic rings. The highest BCUT2D eigenvalue weighted by atomic mass is 14.5. The molecular weight excluding hydrogens is 96.1 g/mol. The Morgan fingerprint density at radius 2 is 2.00 bits per heavy atom. The highest BCUT2D eigenvalue weighted by Crippen LogP contribution is 2.53. The van der Waals surface area contributed by atoms with Crippen LogP contribution in [0.15, 0.2) is 12.2 Å². The molecule has 0 unspecified atom stereocenters. The molecule has 0 N–H and O–H groups in total. The Morgan fingerprint density at radius 1 is 1.12 bits per heavy atom. The van der Waals surface area contributed by atoms with Gasteiger partial charge in [0.15, 0.2) is 0 Å². The molecular formula is C8H11. The van der Waals surface area contributed by atoms with Gasteiger partial charge in [-0.05, 0) is 37.5 Å². The van der Waals surface area contributed by atoms with Crippen molar-refractivity contribution in [2.24, 2.45) is 5.41 Å². The summed E-state index contributed by atoms with van der Waals surface area (Å²) in [6.45, 7) is 0. The lowest BCUT2D eigenvalue weighted by Crippen LogP contribution is -2.01. The third-order valence-corrected chi connectivity index (χ3v) is 2.29. The van der Waals surface area contributed by atoms with Crippen LogP contribution in [0.2, 0.25) is 0 Å². The minimum absolute atomic E-state index is 0.717. The SMILES string of the molecule is [CH]1C=CCCC12CC2. The van der Waals surface area contributed by atoms with E-state index in [-0.39, 0.29) is 0 Å². The van der Waals surface area contributed by atoms with Crippen LogP contribution >= 0.6 is 0 Å². The Kier molecular flexibility index (Phi) is 0.787. The van der Waals surface area contributed by atoms with Gasteiger partial charge in [0.2, 0.25) is 0 Å². The fourth-order valence-corrected chi connectivity index (χ4v) is 1.40. The van der Waals surface area contributed by atoms with Gasteiger partial charge < -0.3 is 0 Å². The van der Waals surface area contributed by atoms with Crippen molar-refractivity contribution < 1.29 is 0 Å². The summed E-state index contributed by atoms with van der Waals surface area (Å²) < 4.78 is 0. The Morgan fingerprint density at radius 3 is 2.38 bits per heavy atom. The molecule has 0 aliphatic heterocycles. The molecule has 1 spiro atoms. The maximum atomic E-state index is 2.39. The van der Waals surface area contributed by atoms with Crippen LogP contribution in [0.1, 0.15) is 25.7 Å². The first-order chi connectivity index (χ1) is 3.91. The maximum Gasteiger partial charge on any atom is -0.0108 e. The second-order valence-electron chi connectivity index (χ2n) is 3.00. The van der Waals surface area contributed by atoms with Crippen LogP contribution in [0, 0.1) is 11.8 Å². The quantitative estimate of drug-likeness (QED) is 0.445. The summed E-state index contributed by atoms with van der Waals surface area (Å²) in [7, 11) is 0. The first-order valence-corrected chi connectivity index (χ1v) is 3.42. The van der Waals surface area contributed by atoms with Gasteiger partial charge in [-0.3, -0.25) is 0 Å². The van der Waals surface area contributed by atoms with Gasteiger partial charge in [-0.2, -0.15) is 0 Å². The van der Waals surface area contributed by atoms with Gasteiger partial charge in [-0.15, -0.1) is 0 Å². The summed E-state index contributed by atoms with van der Waals surface area (Å²) in [6.07, 6.45) is 12.5. The largest absolute Gasteiger partial charge is 0.0882 e. The summed E-state index contributed by atoms with van der Waals surface area (Å²) >= 11 is 0. The number of rotatable bonds is 0. The molecule has 0 atom stereocenters. The van der Waals surface area contributed by atoms with E-state index in [1.807, 2.05) is 0 Å². The van der Waals surface area contributed by atoms with Crippen molar-refractivity contribution in [2.75, 3.05) is 0 Å². The molecule has 0 aromatic carbocycles. The third kappa shape index (κ3) is 0.594. The number of hydrogen-bond acceptors (Lipinski definition) is 0. The molecule has 8 heavy (non-hydrogen) atoms. The van der Waals surface area contributed by atoms with Gasteiger partial charge >= 0.3 is 0 Å². The van der Waals surface area contributed by atoms with Gasteiger partial charge in [0, 0.05) is 0 Å². The van der Waals surface area contributed by atoms with Crippen LogP contribution in [0.5, 0.6) is 0 Å². The topological polar surface area (TPSA) is 0 Å². The van der Waals surface area contributed by atoms with Crippen molar-refractivity contribution >= 4 is 0 Å². The average molecular weight is 107 g/mol. The molecule has 2 aliphatic rings. The van der Waals surface area contributed by atoms with Gasteiger partial charge in [-0.1, -0.05) is 12.2 Å². The lowest BCUT2D eigenvalue weighted by Gasteiger charge is -2.13. The smallest absolute Gasteiger partial charge is 0.0108 e. The van der Waals surface area contributed by atoms with E-state index in [9.17, 15) is 0 Å². The van der Waals surface area contributed by atoms with Crippen LogP contribution < -0.4 is 0 Å². The summed E-state index contributed by atoms with van der Waals surface area (Å²) in [6, 6.07) is 0. The highest BCUT2D eigenvalue weighted by molar-refractivity contribution is 5.16. The number of allylic oxidation sites excluding steroid dienone is 2. The molecule has 0 heterocycles. The molecule has 1 radical (unpaired) electrons. The summed E-state index contributed by atoms with van der Waals surface area (Å²) in [5.74, 6) is 0. The molecule has 1 saturated carbocycles. The van der Waals surface area contributed by atoms with Crippen molar-refractivity contribution in [3.05, 3.63) is 18.6 Å². The normalized spacial score (nSPS) is 31.0. The van der Waals surface area contributed by atoms with E-state index in [4.69, 9.17) is 0 Å². The van der Waals surface area contributed by atoms with Crippen molar-refractivity contribution in [1.29, 1.82) is 0 Å². The minimum Gasteiger partial charge on any atom is -0.0882 e. The lowest BCUT2D eigenvalue weighted by atomic mass is 9.92. The fraction of sp³-hybridized carbons (Fsp3) is 0.625. The molecule has 0 heteroatoms. The predicted molar refractivity (Wildman–Crippen MR) is 34.3 cm³/mol. The molecule has 2 rings (SSSR count). The molecule has 0 amide bonds. The van der Waals surface area contributed by atoms with Crippen LogP contribution in [-0.2, 0) is 0 Å². The standard InChI is InChI=1S/C8H11/c1-2-4-8(5-3-1)6-7-8/h1-2,4H,3,5-7H2. The van der Waals surface area contributed by atoms with Crippen molar-refractivity contribution in [2.45, 2.75) is 25.7 Å². The monoisotopic (exact) mass is 107 g/mol. The molecule has 0 bridgehead atoms. The lowest BCUT2D eigenvalue weighted by molar-refractivity contribution is 0.546. The van der Waals surface area contributed by atoms with Crippen LogP contribution in [-0.4, -0.2) is 0 Å². The predicted octanol–water partition coefficient (Wildman–Crippen LogP) is 2.32. The maximum absolute atomic E-state index is 2.39. The Bertz CT molecular complexity index is 118. The van der Waals surface area contributed by atoms with E-state index in [1.165, 1.54) is 25.7 Å². The minimum atomic E-state index is 0.717. The third-order valence-electron chi connectivity index (χ3n) is 2.29. The zero-order valence-corrected chi connectivity index (χ0v) is 5.06. The second-order valence-corrected chi connectivity index (χ2v) is 3.00. The molecule has 43 valence electrons. The van der Waals surface area contributed by atoms with Gasteiger partial charge in [0.25, 0.3) is 0 Å². The highest BCUT2D eigenvalue weighted by Gasteiger charge is 2.41. The Labute approximate surface area is 50.6 Å². The molecule has 1 fully saturated rings. The first kappa shape index (κ1) is 4.60. The van der Waals surface area contributed by atoms with E-state index in [0.717, 1.165) is 5.41 Å². The van der Waals surface area contributed by atoms with Gasteiger partial charge in [-0.25, -0.2) is 0 Å². The second kappa shape index (κ2) is 1.37. The molecule has 2 aliphatic carbocycles. The zero-order valence-electron chi connectivity index (χ0n) is 5.06. The van der Waals surface area contributed by atoms with Crippen molar-refractivity contribution in [3.8, 4) is 0 Å². The van der Waals surface area contributed by atoms with Crippen LogP contribution in [0.4, 0.5) is 0 Å². The Hall–Kier alpha value is -0.260. The van der Waals surface area contributed by atoms with E-state index in [1.54, 1.807) is 0 Å². The summed E-state index contributed by atoms with van der Waals surface area (Å²) in [5, 5.41) is 0. The summed E-state index contributed by atoms with van der Waals surface area (Å²) in [4.78, 5) is 0. The van der Waals surface area contributed by atoms with E-state index in [0.29, 0.717) is 0 Å². The summed E-state index contributed by atoms with van der Waals surface area (Å²) in [5.41, 5.74) is 0.717. The van der Waals surface area contributed by atoms with Crippen molar-refractivity contribution in [3.63, 3.8) is 0 Å². The van der Waals surface area contributed by atoms with Crippen LogP contribution in [0.25, 0.3) is 0 Å². The van der Waals surface area contributed by atoms with E-state index in [2.05, 4.69) is 18.6 Å². The average Bonchev–Trinajstić information content (AvgIpc) is 2.52. The number of hydrogen-bond donors (Lipinski definition) is 0. The fourth-order valence-electron chi connectivity index (χ4n) is 1.40. The van der Waals surface area contributed by atoms with Crippen LogP contribution in [0.3, 0.4) is 0 Å². The zero-order chi connectivity index (χ0) is 5.45. The van der Waals surface area contributed by atoms with E-state index < -0.39 is 0 Å². The van der Waals surface area contributed by atoms with Crippen molar-refractivity contribution in [1.82, 2.24) is 0 Å². The first-order valence-electron chi connectivity index (χ1n) is 3.42. The molecule has 0 aromatic heterocycles. The van der Waals surface area contributed by atoms with Gasteiger partial charge in [0.1, 0.15) is 0 Å². The molecule has 0 nitrogen and oxygen atoms in total. The molecule has 0 saturated heterocycles.